The van der Waals surface area contributed by atoms with Crippen molar-refractivity contribution in [1.82, 2.24) is 5.32 Å². The average Bonchev–Trinajstić information content (AvgIpc) is 2.27. The van der Waals surface area contributed by atoms with E-state index >= 15 is 0 Å². The van der Waals surface area contributed by atoms with Crippen LogP contribution in [0.3, 0.4) is 0 Å². The van der Waals surface area contributed by atoms with E-state index in [4.69, 9.17) is 0 Å². The van der Waals surface area contributed by atoms with Crippen LogP contribution in [0.25, 0.3) is 0 Å². The SMILES string of the molecule is O=C(NCC1CCCCS1)C(F)(F)C(F)F. The van der Waals surface area contributed by atoms with Gasteiger partial charge in [-0.2, -0.15) is 20.5 Å². The number of carbonyl (C=O) groups excluding carboxylic acids is 1. The number of carbonyl (C=O) groups is 1. The van der Waals surface area contributed by atoms with Crippen LogP contribution >= 0.6 is 11.8 Å². The van der Waals surface area contributed by atoms with Gasteiger partial charge in [0.1, 0.15) is 0 Å². The lowest BCUT2D eigenvalue weighted by Crippen LogP contribution is -2.47. The largest absolute Gasteiger partial charge is 0.383 e. The lowest BCUT2D eigenvalue weighted by Gasteiger charge is -2.22. The summed E-state index contributed by atoms with van der Waals surface area (Å²) < 4.78 is 48.7. The summed E-state index contributed by atoms with van der Waals surface area (Å²) in [6.07, 6.45) is -1.07. The van der Waals surface area contributed by atoms with Gasteiger partial charge in [-0.05, 0) is 18.6 Å². The summed E-state index contributed by atoms with van der Waals surface area (Å²) >= 11 is 1.58. The van der Waals surface area contributed by atoms with E-state index in [0.717, 1.165) is 25.0 Å². The van der Waals surface area contributed by atoms with Crippen LogP contribution in [0.1, 0.15) is 19.3 Å². The molecule has 1 aliphatic rings. The first-order valence-electron chi connectivity index (χ1n) is 5.00. The van der Waals surface area contributed by atoms with E-state index in [1.807, 2.05) is 5.32 Å². The Morgan fingerprint density at radius 2 is 2.12 bits per heavy atom. The van der Waals surface area contributed by atoms with Crippen molar-refractivity contribution in [2.24, 2.45) is 0 Å². The maximum atomic E-state index is 12.5. The summed E-state index contributed by atoms with van der Waals surface area (Å²) in [6.45, 7) is 0.0335. The number of hydrogen-bond donors (Lipinski definition) is 1. The average molecular weight is 259 g/mol. The highest BCUT2D eigenvalue weighted by atomic mass is 32.2. The summed E-state index contributed by atoms with van der Waals surface area (Å²) in [7, 11) is 0. The second-order valence-corrected chi connectivity index (χ2v) is 5.03. The molecule has 1 rings (SSSR count). The third-order valence-corrected chi connectivity index (χ3v) is 3.74. The zero-order chi connectivity index (χ0) is 12.2. The van der Waals surface area contributed by atoms with E-state index in [0.29, 0.717) is 0 Å². The third-order valence-electron chi connectivity index (χ3n) is 2.34. The smallest absolute Gasteiger partial charge is 0.350 e. The molecule has 0 saturated carbocycles. The summed E-state index contributed by atoms with van der Waals surface area (Å²) in [4.78, 5) is 10.8. The van der Waals surface area contributed by atoms with E-state index < -0.39 is 18.3 Å². The second-order valence-electron chi connectivity index (χ2n) is 3.62. The standard InChI is InChI=1S/C9H13F4NOS/c10-7(11)9(12,13)8(15)14-5-6-3-1-2-4-16-6/h6-7H,1-5H2,(H,14,15). The van der Waals surface area contributed by atoms with Gasteiger partial charge >= 0.3 is 12.3 Å². The first-order chi connectivity index (χ1) is 7.44. The minimum Gasteiger partial charge on any atom is -0.350 e. The number of hydrogen-bond acceptors (Lipinski definition) is 2. The molecule has 16 heavy (non-hydrogen) atoms. The highest BCUT2D eigenvalue weighted by molar-refractivity contribution is 7.99. The van der Waals surface area contributed by atoms with Crippen LogP contribution in [-0.4, -0.2) is 35.8 Å². The molecule has 0 radical (unpaired) electrons. The molecule has 1 heterocycles. The molecule has 1 unspecified atom stereocenters. The Morgan fingerprint density at radius 1 is 1.44 bits per heavy atom. The van der Waals surface area contributed by atoms with Crippen LogP contribution in [0, 0.1) is 0 Å². The fraction of sp³-hybridized carbons (Fsp3) is 0.889. The molecule has 0 aromatic carbocycles. The first kappa shape index (κ1) is 13.6. The van der Waals surface area contributed by atoms with Crippen molar-refractivity contribution in [3.05, 3.63) is 0 Å². The molecule has 0 bridgehead atoms. The van der Waals surface area contributed by atoms with Gasteiger partial charge in [0.05, 0.1) is 0 Å². The molecule has 94 valence electrons. The van der Waals surface area contributed by atoms with Crippen molar-refractivity contribution in [3.63, 3.8) is 0 Å². The third kappa shape index (κ3) is 3.54. The van der Waals surface area contributed by atoms with Crippen LogP contribution in [0.2, 0.25) is 0 Å². The number of rotatable bonds is 4. The van der Waals surface area contributed by atoms with Crippen LogP contribution < -0.4 is 5.32 Å². The highest BCUT2D eigenvalue weighted by Crippen LogP contribution is 2.26. The van der Waals surface area contributed by atoms with E-state index in [1.54, 1.807) is 11.8 Å². The Morgan fingerprint density at radius 3 is 2.62 bits per heavy atom. The molecular formula is C9H13F4NOS. The van der Waals surface area contributed by atoms with Gasteiger partial charge < -0.3 is 5.32 Å². The van der Waals surface area contributed by atoms with Gasteiger partial charge in [0.25, 0.3) is 5.91 Å². The van der Waals surface area contributed by atoms with Crippen LogP contribution in [0.4, 0.5) is 17.6 Å². The van der Waals surface area contributed by atoms with Crippen molar-refractivity contribution in [2.75, 3.05) is 12.3 Å². The predicted molar refractivity (Wildman–Crippen MR) is 54.1 cm³/mol. The Labute approximate surface area is 95.1 Å². The van der Waals surface area contributed by atoms with Crippen molar-refractivity contribution in [1.29, 1.82) is 0 Å². The molecule has 1 N–H and O–H groups in total. The molecule has 0 aromatic heterocycles. The van der Waals surface area contributed by atoms with E-state index in [9.17, 15) is 22.4 Å². The maximum Gasteiger partial charge on any atom is 0.383 e. The van der Waals surface area contributed by atoms with Crippen molar-refractivity contribution >= 4 is 17.7 Å². The normalized spacial score (nSPS) is 22.2. The Balaban J connectivity index is 2.34. The molecule has 1 fully saturated rings. The Bertz CT molecular complexity index is 244. The highest BCUT2D eigenvalue weighted by Gasteiger charge is 2.48. The Kier molecular flexibility index (Phi) is 4.89. The molecule has 1 saturated heterocycles. The number of nitrogens with one attached hydrogen (secondary N) is 1. The molecule has 0 spiro atoms. The van der Waals surface area contributed by atoms with Crippen molar-refractivity contribution < 1.29 is 22.4 Å². The number of halogens is 4. The monoisotopic (exact) mass is 259 g/mol. The topological polar surface area (TPSA) is 29.1 Å². The molecule has 1 atom stereocenters. The van der Waals surface area contributed by atoms with Gasteiger partial charge in [0.15, 0.2) is 0 Å². The molecule has 1 aliphatic heterocycles. The summed E-state index contributed by atoms with van der Waals surface area (Å²) in [5.41, 5.74) is 0. The number of thioether (sulfide) groups is 1. The van der Waals surface area contributed by atoms with Gasteiger partial charge in [-0.1, -0.05) is 6.42 Å². The zero-order valence-electron chi connectivity index (χ0n) is 8.52. The molecule has 0 aromatic rings. The van der Waals surface area contributed by atoms with Gasteiger partial charge in [-0.25, -0.2) is 8.78 Å². The molecule has 1 amide bonds. The van der Waals surface area contributed by atoms with Crippen LogP contribution in [0.15, 0.2) is 0 Å². The minimum atomic E-state index is -4.58. The van der Waals surface area contributed by atoms with Crippen molar-refractivity contribution in [3.8, 4) is 0 Å². The van der Waals surface area contributed by atoms with Crippen LogP contribution in [-0.2, 0) is 4.79 Å². The van der Waals surface area contributed by atoms with E-state index in [2.05, 4.69) is 0 Å². The van der Waals surface area contributed by atoms with E-state index in [-0.39, 0.29) is 11.8 Å². The number of amides is 1. The summed E-state index contributed by atoms with van der Waals surface area (Å²) in [5, 5.41) is 1.95. The van der Waals surface area contributed by atoms with E-state index in [1.165, 1.54) is 0 Å². The quantitative estimate of drug-likeness (QED) is 0.785. The fourth-order valence-electron chi connectivity index (χ4n) is 1.39. The summed E-state index contributed by atoms with van der Waals surface area (Å²) in [6, 6.07) is 0. The minimum absolute atomic E-state index is 0.0335. The second kappa shape index (κ2) is 5.75. The lowest BCUT2D eigenvalue weighted by atomic mass is 10.2. The fourth-order valence-corrected chi connectivity index (χ4v) is 2.63. The van der Waals surface area contributed by atoms with Gasteiger partial charge in [0.2, 0.25) is 0 Å². The maximum absolute atomic E-state index is 12.5. The van der Waals surface area contributed by atoms with Gasteiger partial charge in [-0.3, -0.25) is 4.79 Å². The molecule has 0 aliphatic carbocycles. The zero-order valence-corrected chi connectivity index (χ0v) is 9.34. The molecule has 7 heteroatoms. The Hall–Kier alpha value is -0.460. The first-order valence-corrected chi connectivity index (χ1v) is 6.05. The summed E-state index contributed by atoms with van der Waals surface area (Å²) in [5.74, 6) is -5.54. The van der Waals surface area contributed by atoms with Crippen LogP contribution in [0.5, 0.6) is 0 Å². The van der Waals surface area contributed by atoms with Crippen molar-refractivity contribution in [2.45, 2.75) is 36.9 Å². The number of alkyl halides is 4. The van der Waals surface area contributed by atoms with Gasteiger partial charge in [0, 0.05) is 11.8 Å². The molecule has 2 nitrogen and oxygen atoms in total. The van der Waals surface area contributed by atoms with Gasteiger partial charge in [-0.15, -0.1) is 0 Å². The molecular weight excluding hydrogens is 246 g/mol. The lowest BCUT2D eigenvalue weighted by molar-refractivity contribution is -0.169. The predicted octanol–water partition coefficient (Wildman–Crippen LogP) is 2.29.